The lowest BCUT2D eigenvalue weighted by molar-refractivity contribution is -0.123. The maximum Gasteiger partial charge on any atom is 0.469 e. The first kappa shape index (κ1) is 49.5. The van der Waals surface area contributed by atoms with Crippen molar-refractivity contribution < 1.29 is 28.8 Å². The van der Waals surface area contributed by atoms with Gasteiger partial charge in [0.1, 0.15) is 0 Å². The molecule has 0 unspecified atom stereocenters. The number of phosphoric acid groups is 1. The van der Waals surface area contributed by atoms with E-state index in [1.165, 1.54) is 180 Å². The van der Waals surface area contributed by atoms with E-state index in [1.54, 1.807) is 0 Å². The highest BCUT2D eigenvalue weighted by Crippen LogP contribution is 2.36. The Balaban J connectivity index is 3.81. The highest BCUT2D eigenvalue weighted by Gasteiger charge is 2.25. The second kappa shape index (κ2) is 38.3. The van der Waals surface area contributed by atoms with Crippen molar-refractivity contribution in [2.45, 2.75) is 257 Å². The zero-order valence-corrected chi connectivity index (χ0v) is 34.2. The SMILES string of the molecule is CCCCCCCCCCCCCCCCCCCCCCCC(=O)N[C@@H](COP(=O)(O)O)[C@H](O)CCCCCCCCCCCCCCC. The molecule has 8 heteroatoms. The van der Waals surface area contributed by atoms with Gasteiger partial charge < -0.3 is 20.2 Å². The molecule has 0 saturated heterocycles. The lowest BCUT2D eigenvalue weighted by atomic mass is 10.0. The van der Waals surface area contributed by atoms with Crippen LogP contribution in [0.4, 0.5) is 0 Å². The number of unbranched alkanes of at least 4 members (excludes halogenated alkanes) is 32. The summed E-state index contributed by atoms with van der Waals surface area (Å²) in [5.74, 6) is -0.188. The van der Waals surface area contributed by atoms with Gasteiger partial charge in [0.2, 0.25) is 5.91 Å². The van der Waals surface area contributed by atoms with Crippen molar-refractivity contribution in [1.82, 2.24) is 5.32 Å². The van der Waals surface area contributed by atoms with Crippen LogP contribution in [0.3, 0.4) is 0 Å². The number of carbonyl (C=O) groups is 1. The van der Waals surface area contributed by atoms with Gasteiger partial charge in [-0.05, 0) is 12.8 Å². The van der Waals surface area contributed by atoms with Gasteiger partial charge in [0.05, 0.1) is 18.8 Å². The van der Waals surface area contributed by atoms with Crippen LogP contribution >= 0.6 is 7.82 Å². The number of amides is 1. The fraction of sp³-hybridized carbons (Fsp3) is 0.976. The van der Waals surface area contributed by atoms with Crippen LogP contribution in [0.2, 0.25) is 0 Å². The number of aliphatic hydroxyl groups excluding tert-OH is 1. The van der Waals surface area contributed by atoms with Crippen LogP contribution in [-0.4, -0.2) is 39.6 Å². The van der Waals surface area contributed by atoms with E-state index in [0.29, 0.717) is 12.8 Å². The van der Waals surface area contributed by atoms with Crippen molar-refractivity contribution in [2.24, 2.45) is 0 Å². The van der Waals surface area contributed by atoms with Gasteiger partial charge in [-0.2, -0.15) is 0 Å². The summed E-state index contributed by atoms with van der Waals surface area (Å²) < 4.78 is 16.0. The quantitative estimate of drug-likeness (QED) is 0.0367. The maximum atomic E-state index is 12.6. The number of nitrogens with one attached hydrogen (secondary N) is 1. The molecule has 0 bridgehead atoms. The first-order valence-corrected chi connectivity index (χ1v) is 23.5. The molecule has 0 spiro atoms. The predicted octanol–water partition coefficient (Wildman–Crippen LogP) is 13.0. The zero-order valence-electron chi connectivity index (χ0n) is 33.3. The van der Waals surface area contributed by atoms with E-state index in [0.717, 1.165) is 38.5 Å². The number of hydrogen-bond acceptors (Lipinski definition) is 4. The van der Waals surface area contributed by atoms with Crippen LogP contribution in [0.5, 0.6) is 0 Å². The number of carbonyl (C=O) groups excluding carboxylic acids is 1. The Labute approximate surface area is 310 Å². The fourth-order valence-electron chi connectivity index (χ4n) is 7.00. The van der Waals surface area contributed by atoms with Gasteiger partial charge in [-0.15, -0.1) is 0 Å². The minimum Gasteiger partial charge on any atom is -0.391 e. The van der Waals surface area contributed by atoms with E-state index in [2.05, 4.69) is 23.7 Å². The molecule has 7 nitrogen and oxygen atoms in total. The van der Waals surface area contributed by atoms with Crippen LogP contribution in [0.1, 0.15) is 245 Å². The van der Waals surface area contributed by atoms with Crippen molar-refractivity contribution >= 4 is 13.7 Å². The molecule has 2 atom stereocenters. The molecule has 0 heterocycles. The topological polar surface area (TPSA) is 116 Å². The Hall–Kier alpha value is -0.460. The number of rotatable bonds is 41. The van der Waals surface area contributed by atoms with Gasteiger partial charge in [0, 0.05) is 6.42 Å². The average Bonchev–Trinajstić information content (AvgIpc) is 3.08. The largest absolute Gasteiger partial charge is 0.469 e. The zero-order chi connectivity index (χ0) is 36.8. The van der Waals surface area contributed by atoms with Crippen molar-refractivity contribution in [3.8, 4) is 0 Å². The van der Waals surface area contributed by atoms with Gasteiger partial charge in [0.25, 0.3) is 0 Å². The first-order chi connectivity index (χ1) is 24.3. The molecule has 0 aromatic rings. The van der Waals surface area contributed by atoms with Crippen LogP contribution < -0.4 is 5.32 Å². The maximum absolute atomic E-state index is 12.6. The van der Waals surface area contributed by atoms with Gasteiger partial charge >= 0.3 is 7.82 Å². The Kier molecular flexibility index (Phi) is 37.9. The lowest BCUT2D eigenvalue weighted by Crippen LogP contribution is -2.46. The molecule has 0 aliphatic rings. The molecular formula is C42H86NO6P. The average molecular weight is 732 g/mol. The molecule has 0 saturated carbocycles. The number of hydrogen-bond donors (Lipinski definition) is 4. The Morgan fingerprint density at radius 1 is 0.500 bits per heavy atom. The van der Waals surface area contributed by atoms with E-state index < -0.39 is 26.6 Å². The molecule has 4 N–H and O–H groups in total. The van der Waals surface area contributed by atoms with E-state index in [1.807, 2.05) is 0 Å². The van der Waals surface area contributed by atoms with Crippen molar-refractivity contribution in [1.29, 1.82) is 0 Å². The number of phosphoric ester groups is 1. The van der Waals surface area contributed by atoms with Crippen molar-refractivity contribution in [2.75, 3.05) is 6.61 Å². The second-order valence-corrected chi connectivity index (χ2v) is 16.6. The summed E-state index contributed by atoms with van der Waals surface area (Å²) in [6, 6.07) is -0.817. The highest BCUT2D eigenvalue weighted by molar-refractivity contribution is 7.46. The van der Waals surface area contributed by atoms with Gasteiger partial charge in [-0.3, -0.25) is 9.32 Å². The summed E-state index contributed by atoms with van der Waals surface area (Å²) in [5.41, 5.74) is 0. The minimum absolute atomic E-state index is 0.188. The summed E-state index contributed by atoms with van der Waals surface area (Å²) >= 11 is 0. The number of aliphatic hydroxyl groups is 1. The van der Waals surface area contributed by atoms with Crippen LogP contribution in [0.15, 0.2) is 0 Å². The molecule has 0 aliphatic carbocycles. The Bertz CT molecular complexity index is 748. The smallest absolute Gasteiger partial charge is 0.391 e. The van der Waals surface area contributed by atoms with Crippen LogP contribution in [0, 0.1) is 0 Å². The standard InChI is InChI=1S/C42H86NO6P/c1-3-5-7-9-11-13-15-17-18-19-20-21-22-23-24-26-28-30-32-34-36-38-42(45)43-40(39-49-50(46,47)48)41(44)37-35-33-31-29-27-25-16-14-12-10-8-6-4-2/h40-41,44H,3-39H2,1-2H3,(H,43,45)(H2,46,47,48)/t40-,41+/m0/s1. The molecule has 300 valence electrons. The van der Waals surface area contributed by atoms with E-state index in [9.17, 15) is 14.5 Å². The van der Waals surface area contributed by atoms with Crippen LogP contribution in [-0.2, 0) is 13.9 Å². The van der Waals surface area contributed by atoms with Gasteiger partial charge in [-0.25, -0.2) is 4.57 Å². The third kappa shape index (κ3) is 38.8. The van der Waals surface area contributed by atoms with E-state index in [-0.39, 0.29) is 5.91 Å². The normalized spacial score (nSPS) is 13.1. The molecule has 0 rings (SSSR count). The van der Waals surface area contributed by atoms with Crippen molar-refractivity contribution in [3.63, 3.8) is 0 Å². The molecule has 0 aliphatic heterocycles. The summed E-state index contributed by atoms with van der Waals surface area (Å²) in [5, 5.41) is 13.5. The minimum atomic E-state index is -4.68. The molecule has 0 fully saturated rings. The molecule has 0 radical (unpaired) electrons. The Morgan fingerprint density at radius 2 is 0.780 bits per heavy atom. The molecule has 0 aromatic carbocycles. The van der Waals surface area contributed by atoms with Crippen molar-refractivity contribution in [3.05, 3.63) is 0 Å². The monoisotopic (exact) mass is 732 g/mol. The van der Waals surface area contributed by atoms with Gasteiger partial charge in [0.15, 0.2) is 0 Å². The fourth-order valence-corrected chi connectivity index (χ4v) is 7.35. The molecular weight excluding hydrogens is 645 g/mol. The van der Waals surface area contributed by atoms with E-state index >= 15 is 0 Å². The highest BCUT2D eigenvalue weighted by atomic mass is 31.2. The van der Waals surface area contributed by atoms with Gasteiger partial charge in [-0.1, -0.05) is 226 Å². The first-order valence-electron chi connectivity index (χ1n) is 22.0. The van der Waals surface area contributed by atoms with Crippen LogP contribution in [0.25, 0.3) is 0 Å². The molecule has 0 aromatic heterocycles. The molecule has 1 amide bonds. The Morgan fingerprint density at radius 3 is 1.08 bits per heavy atom. The summed E-state index contributed by atoms with van der Waals surface area (Å²) in [4.78, 5) is 30.9. The third-order valence-electron chi connectivity index (χ3n) is 10.3. The summed E-state index contributed by atoms with van der Waals surface area (Å²) in [6.07, 6.45) is 43.8. The summed E-state index contributed by atoms with van der Waals surface area (Å²) in [7, 11) is -4.68. The second-order valence-electron chi connectivity index (χ2n) is 15.4. The summed E-state index contributed by atoms with van der Waals surface area (Å²) in [6.45, 7) is 4.14. The predicted molar refractivity (Wildman–Crippen MR) is 213 cm³/mol. The molecule has 50 heavy (non-hydrogen) atoms. The lowest BCUT2D eigenvalue weighted by Gasteiger charge is -2.24. The third-order valence-corrected chi connectivity index (χ3v) is 10.8. The van der Waals surface area contributed by atoms with E-state index in [4.69, 9.17) is 9.79 Å².